The molecule has 1 aliphatic rings. The van der Waals surface area contributed by atoms with E-state index in [4.69, 9.17) is 4.36 Å². The van der Waals surface area contributed by atoms with Crippen LogP contribution in [-0.2, 0) is 9.73 Å². The van der Waals surface area contributed by atoms with Crippen LogP contribution in [0.2, 0.25) is 0 Å². The largest absolute Gasteiger partial charge is 0.309 e. The number of nitrogens with zero attached hydrogens (tertiary/aromatic N) is 3. The number of fused-ring (bicyclic) bond motifs is 9. The molecule has 0 aliphatic carbocycles. The average Bonchev–Trinajstić information content (AvgIpc) is 3.83. The van der Waals surface area contributed by atoms with Crippen molar-refractivity contribution < 1.29 is 4.21 Å². The zero-order valence-corrected chi connectivity index (χ0v) is 33.6. The highest BCUT2D eigenvalue weighted by atomic mass is 32.2. The highest BCUT2D eigenvalue weighted by Crippen LogP contribution is 2.56. The molecule has 1 unspecified atom stereocenters. The predicted octanol–water partition coefficient (Wildman–Crippen LogP) is 14.7. The summed E-state index contributed by atoms with van der Waals surface area (Å²) in [6.45, 7) is 0. The third kappa shape index (κ3) is 5.06. The van der Waals surface area contributed by atoms with Gasteiger partial charge >= 0.3 is 0 Å². The van der Waals surface area contributed by atoms with Crippen LogP contribution >= 0.6 is 0 Å². The molecule has 0 radical (unpaired) electrons. The topological polar surface area (TPSA) is 39.3 Å². The van der Waals surface area contributed by atoms with Crippen molar-refractivity contribution in [3.8, 4) is 55.9 Å². The lowest BCUT2D eigenvalue weighted by atomic mass is 9.81. The first kappa shape index (κ1) is 34.6. The fraction of sp³-hybridized carbons (Fsp3) is 0.0182. The summed E-state index contributed by atoms with van der Waals surface area (Å²) in [5.74, 6) is 0. The van der Waals surface area contributed by atoms with Crippen molar-refractivity contribution in [3.05, 3.63) is 206 Å². The summed E-state index contributed by atoms with van der Waals surface area (Å²) in [7, 11) is -2.82. The molecule has 0 N–H and O–H groups in total. The van der Waals surface area contributed by atoms with Crippen molar-refractivity contribution in [2.45, 2.75) is 4.90 Å². The van der Waals surface area contributed by atoms with Gasteiger partial charge in [0.2, 0.25) is 0 Å². The molecule has 0 saturated heterocycles. The standard InChI is InChI=1S/C55H37N3OS/c1-60(59)50-34-16-13-25-39(50)45-35-44(40-28-17-32-48-52(40)41-26-11-14-30-46(41)57(48)37-21-7-3-8-22-37)51(36-19-5-2-6-20-36)54(55(45)56-60)43-29-18-33-49-53(43)42-27-12-15-31-47(42)58(49)38-23-9-4-10-24-38/h2-35H,1H3. The van der Waals surface area contributed by atoms with E-state index in [9.17, 15) is 4.21 Å². The van der Waals surface area contributed by atoms with Gasteiger partial charge in [0.15, 0.2) is 0 Å². The van der Waals surface area contributed by atoms with Crippen LogP contribution in [0, 0.1) is 0 Å². The summed E-state index contributed by atoms with van der Waals surface area (Å²) < 4.78 is 25.0. The average molecular weight is 788 g/mol. The number of para-hydroxylation sites is 4. The van der Waals surface area contributed by atoms with Crippen molar-refractivity contribution in [1.82, 2.24) is 9.13 Å². The molecule has 5 heteroatoms. The van der Waals surface area contributed by atoms with Gasteiger partial charge < -0.3 is 9.13 Å². The van der Waals surface area contributed by atoms with Crippen molar-refractivity contribution in [2.75, 3.05) is 6.26 Å². The minimum atomic E-state index is -2.82. The highest BCUT2D eigenvalue weighted by molar-refractivity contribution is 7.93. The Labute approximate surface area is 348 Å². The van der Waals surface area contributed by atoms with Gasteiger partial charge in [-0.25, -0.2) is 4.21 Å². The van der Waals surface area contributed by atoms with Gasteiger partial charge in [-0.2, -0.15) is 4.36 Å². The lowest BCUT2D eigenvalue weighted by molar-refractivity contribution is 0.680. The van der Waals surface area contributed by atoms with Crippen LogP contribution in [0.15, 0.2) is 216 Å². The van der Waals surface area contributed by atoms with E-state index >= 15 is 0 Å². The van der Waals surface area contributed by atoms with Crippen LogP contribution in [0.25, 0.3) is 99.5 Å². The van der Waals surface area contributed by atoms with Crippen molar-refractivity contribution in [2.24, 2.45) is 4.36 Å². The number of hydrogen-bond donors (Lipinski definition) is 0. The maximum absolute atomic E-state index is 14.9. The Kier molecular flexibility index (Phi) is 7.65. The normalized spacial score (nSPS) is 14.7. The molecule has 284 valence electrons. The third-order valence-electron chi connectivity index (χ3n) is 12.2. The van der Waals surface area contributed by atoms with E-state index < -0.39 is 9.73 Å². The molecule has 0 spiro atoms. The maximum Gasteiger partial charge on any atom is 0.0897 e. The zero-order chi connectivity index (χ0) is 40.0. The Morgan fingerprint density at radius 2 is 0.867 bits per heavy atom. The summed E-state index contributed by atoms with van der Waals surface area (Å²) in [5, 5.41) is 4.63. The third-order valence-corrected chi connectivity index (χ3v) is 13.9. The smallest absolute Gasteiger partial charge is 0.0897 e. The monoisotopic (exact) mass is 787 g/mol. The van der Waals surface area contributed by atoms with Crippen LogP contribution in [0.3, 0.4) is 0 Å². The Bertz CT molecular complexity index is 3650. The summed E-state index contributed by atoms with van der Waals surface area (Å²) in [6, 6.07) is 73.1. The van der Waals surface area contributed by atoms with E-state index in [1.54, 1.807) is 6.26 Å². The van der Waals surface area contributed by atoms with Crippen LogP contribution in [0.4, 0.5) is 5.69 Å². The molecule has 12 rings (SSSR count). The Hall–Kier alpha value is -7.47. The summed E-state index contributed by atoms with van der Waals surface area (Å²) in [5.41, 5.74) is 15.8. The molecule has 0 saturated carbocycles. The summed E-state index contributed by atoms with van der Waals surface area (Å²) >= 11 is 0. The van der Waals surface area contributed by atoms with Crippen LogP contribution in [0.5, 0.6) is 0 Å². The molecule has 0 amide bonds. The lowest BCUT2D eigenvalue weighted by Gasteiger charge is -2.26. The second-order valence-corrected chi connectivity index (χ2v) is 17.8. The second-order valence-electron chi connectivity index (χ2n) is 15.6. The molecule has 3 heterocycles. The van der Waals surface area contributed by atoms with E-state index in [2.05, 4.69) is 203 Å². The minimum absolute atomic E-state index is 0.756. The molecular weight excluding hydrogens is 751 g/mol. The van der Waals surface area contributed by atoms with Gasteiger partial charge in [-0.1, -0.05) is 146 Å². The van der Waals surface area contributed by atoms with E-state index in [0.717, 1.165) is 99.3 Å². The quantitative estimate of drug-likeness (QED) is 0.171. The fourth-order valence-electron chi connectivity index (χ4n) is 9.78. The molecule has 1 atom stereocenters. The second kappa shape index (κ2) is 13.3. The van der Waals surface area contributed by atoms with Gasteiger partial charge in [0, 0.05) is 55.9 Å². The first-order valence-electron chi connectivity index (χ1n) is 20.3. The molecular formula is C55H37N3OS. The van der Waals surface area contributed by atoms with Gasteiger partial charge in [0.1, 0.15) is 0 Å². The molecule has 9 aromatic carbocycles. The molecule has 0 bridgehead atoms. The van der Waals surface area contributed by atoms with E-state index in [1.165, 1.54) is 10.8 Å². The number of benzene rings is 9. The molecule has 60 heavy (non-hydrogen) atoms. The first-order chi connectivity index (χ1) is 29.6. The number of hydrogen-bond acceptors (Lipinski definition) is 2. The minimum Gasteiger partial charge on any atom is -0.309 e. The number of aromatic nitrogens is 2. The van der Waals surface area contributed by atoms with Crippen molar-refractivity contribution >= 4 is 59.0 Å². The molecule has 2 aromatic heterocycles. The lowest BCUT2D eigenvalue weighted by Crippen LogP contribution is -2.06. The van der Waals surface area contributed by atoms with Gasteiger partial charge in [-0.15, -0.1) is 0 Å². The van der Waals surface area contributed by atoms with Crippen LogP contribution in [-0.4, -0.2) is 19.6 Å². The predicted molar refractivity (Wildman–Crippen MR) is 251 cm³/mol. The summed E-state index contributed by atoms with van der Waals surface area (Å²) in [4.78, 5) is 0.764. The maximum atomic E-state index is 14.9. The van der Waals surface area contributed by atoms with Gasteiger partial charge in [-0.05, 0) is 88.5 Å². The fourth-order valence-corrected chi connectivity index (χ4v) is 11.3. The van der Waals surface area contributed by atoms with Crippen molar-refractivity contribution in [3.63, 3.8) is 0 Å². The Morgan fingerprint density at radius 1 is 0.400 bits per heavy atom. The van der Waals surface area contributed by atoms with Gasteiger partial charge in [0.05, 0.1) is 42.4 Å². The van der Waals surface area contributed by atoms with E-state index in [1.807, 2.05) is 12.1 Å². The van der Waals surface area contributed by atoms with Gasteiger partial charge in [-0.3, -0.25) is 0 Å². The van der Waals surface area contributed by atoms with E-state index in [0.29, 0.717) is 0 Å². The zero-order valence-electron chi connectivity index (χ0n) is 32.8. The van der Waals surface area contributed by atoms with Crippen LogP contribution in [0.1, 0.15) is 0 Å². The highest BCUT2D eigenvalue weighted by Gasteiger charge is 2.31. The summed E-state index contributed by atoms with van der Waals surface area (Å²) in [6.07, 6.45) is 1.79. The molecule has 1 aliphatic heterocycles. The molecule has 11 aromatic rings. The van der Waals surface area contributed by atoms with Gasteiger partial charge in [0.25, 0.3) is 0 Å². The number of rotatable bonds is 5. The molecule has 4 nitrogen and oxygen atoms in total. The van der Waals surface area contributed by atoms with Crippen molar-refractivity contribution in [1.29, 1.82) is 0 Å². The van der Waals surface area contributed by atoms with Crippen LogP contribution < -0.4 is 0 Å². The Morgan fingerprint density at radius 3 is 1.48 bits per heavy atom. The Balaban J connectivity index is 1.30. The SMILES string of the molecule is CS1(=O)=Nc2c(cc(-c3cccc4c3c3ccccc3n4-c3ccccc3)c(-c3ccccc3)c2-c2cccc3c2c2ccccc2n3-c2ccccc2)-c2ccccc21. The molecule has 0 fully saturated rings. The van der Waals surface area contributed by atoms with E-state index in [-0.39, 0.29) is 0 Å². The first-order valence-corrected chi connectivity index (χ1v) is 22.2.